The Morgan fingerprint density at radius 3 is 2.45 bits per heavy atom. The van der Waals surface area contributed by atoms with E-state index in [-0.39, 0.29) is 24.8 Å². The van der Waals surface area contributed by atoms with Gasteiger partial charge in [0.2, 0.25) is 0 Å². The van der Waals surface area contributed by atoms with Crippen molar-refractivity contribution in [1.82, 2.24) is 0 Å². The maximum Gasteiger partial charge on any atom is 0.259 e. The third kappa shape index (κ3) is 5.44. The fraction of sp³-hybridized carbons (Fsp3) is 0.211. The lowest BCUT2D eigenvalue weighted by atomic mass is 10.1. The standard InChI is InChI=1S/C19H19IN4O4.ClH/c20-12-3-7-14(8-4-12)24-9-10-28-16(19(24)27)15(25)18(26)23-13-5-1-11(2-6-13)17(21)22;/h1-8,15-16,25H,9-10H2,(H3,21,22)(H,23,26);1H/t15-,16-;/m1./s1. The predicted octanol–water partition coefficient (Wildman–Crippen LogP) is 1.73. The van der Waals surface area contributed by atoms with Crippen LogP contribution in [0.4, 0.5) is 11.4 Å². The van der Waals surface area contributed by atoms with E-state index in [4.69, 9.17) is 15.9 Å². The van der Waals surface area contributed by atoms with Gasteiger partial charge < -0.3 is 25.8 Å². The molecule has 154 valence electrons. The summed E-state index contributed by atoms with van der Waals surface area (Å²) < 4.78 is 6.42. The molecule has 2 atom stereocenters. The molecule has 8 nitrogen and oxygen atoms in total. The number of carbonyl (C=O) groups excluding carboxylic acids is 2. The predicted molar refractivity (Wildman–Crippen MR) is 121 cm³/mol. The first-order valence-electron chi connectivity index (χ1n) is 8.49. The Labute approximate surface area is 187 Å². The maximum atomic E-state index is 12.8. The number of hydrogen-bond acceptors (Lipinski definition) is 5. The Morgan fingerprint density at radius 2 is 1.86 bits per heavy atom. The van der Waals surface area contributed by atoms with Gasteiger partial charge in [0.15, 0.2) is 12.2 Å². The van der Waals surface area contributed by atoms with Gasteiger partial charge >= 0.3 is 0 Å². The number of nitrogens with two attached hydrogens (primary N) is 1. The number of hydrogen-bond donors (Lipinski definition) is 4. The molecule has 0 spiro atoms. The molecule has 2 amide bonds. The summed E-state index contributed by atoms with van der Waals surface area (Å²) in [5.41, 5.74) is 7.00. The Hall–Kier alpha value is -2.21. The highest BCUT2D eigenvalue weighted by atomic mass is 127. The summed E-state index contributed by atoms with van der Waals surface area (Å²) in [5.74, 6) is -1.31. The van der Waals surface area contributed by atoms with Crippen LogP contribution in [0.25, 0.3) is 0 Å². The molecule has 3 rings (SSSR count). The molecule has 10 heteroatoms. The van der Waals surface area contributed by atoms with E-state index in [0.29, 0.717) is 23.5 Å². The molecule has 2 aromatic rings. The number of nitrogen functional groups attached to an aromatic ring is 1. The number of ether oxygens (including phenoxy) is 1. The fourth-order valence-electron chi connectivity index (χ4n) is 2.80. The second-order valence-corrected chi connectivity index (χ2v) is 7.43. The number of carbonyl (C=O) groups is 2. The van der Waals surface area contributed by atoms with E-state index in [1.54, 1.807) is 24.3 Å². The molecular formula is C19H20ClIN4O4. The molecule has 29 heavy (non-hydrogen) atoms. The molecule has 1 aliphatic rings. The molecule has 0 aromatic heterocycles. The van der Waals surface area contributed by atoms with E-state index in [0.717, 1.165) is 3.57 Å². The lowest BCUT2D eigenvalue weighted by Crippen LogP contribution is -2.55. The third-order valence-corrected chi connectivity index (χ3v) is 5.00. The first kappa shape index (κ1) is 23.1. The van der Waals surface area contributed by atoms with Crippen molar-refractivity contribution in [3.05, 3.63) is 57.7 Å². The van der Waals surface area contributed by atoms with Crippen molar-refractivity contribution in [1.29, 1.82) is 5.41 Å². The van der Waals surface area contributed by atoms with E-state index in [1.807, 2.05) is 24.3 Å². The SMILES string of the molecule is Cl.N=C(N)c1ccc(NC(=O)[C@H](O)[C@H]2OCCN(c3ccc(I)cc3)C2=O)cc1. The van der Waals surface area contributed by atoms with Crippen LogP contribution in [0, 0.1) is 8.98 Å². The molecule has 2 aromatic carbocycles. The average molecular weight is 531 g/mol. The maximum absolute atomic E-state index is 12.8. The number of halogens is 2. The molecule has 1 aliphatic heterocycles. The topological polar surface area (TPSA) is 129 Å². The fourth-order valence-corrected chi connectivity index (χ4v) is 3.16. The average Bonchev–Trinajstić information content (AvgIpc) is 2.69. The minimum absolute atomic E-state index is 0. The summed E-state index contributed by atoms with van der Waals surface area (Å²) >= 11 is 2.17. The molecule has 0 aliphatic carbocycles. The Balaban J connectivity index is 0.00000300. The van der Waals surface area contributed by atoms with Gasteiger partial charge in [-0.25, -0.2) is 0 Å². The Kier molecular flexibility index (Phi) is 7.96. The van der Waals surface area contributed by atoms with Crippen LogP contribution in [-0.2, 0) is 14.3 Å². The van der Waals surface area contributed by atoms with Crippen molar-refractivity contribution < 1.29 is 19.4 Å². The molecule has 1 heterocycles. The second kappa shape index (κ2) is 10.0. The van der Waals surface area contributed by atoms with E-state index in [1.165, 1.54) is 4.90 Å². The summed E-state index contributed by atoms with van der Waals surface area (Å²) in [4.78, 5) is 26.6. The quantitative estimate of drug-likeness (QED) is 0.266. The van der Waals surface area contributed by atoms with Gasteiger partial charge in [-0.1, -0.05) is 0 Å². The number of anilines is 2. The summed E-state index contributed by atoms with van der Waals surface area (Å²) in [6.45, 7) is 0.552. The number of nitrogens with one attached hydrogen (secondary N) is 2. The highest BCUT2D eigenvalue weighted by molar-refractivity contribution is 14.1. The van der Waals surface area contributed by atoms with Gasteiger partial charge in [0.05, 0.1) is 6.61 Å². The zero-order valence-corrected chi connectivity index (χ0v) is 18.1. The highest BCUT2D eigenvalue weighted by Crippen LogP contribution is 2.22. The van der Waals surface area contributed by atoms with Crippen LogP contribution >= 0.6 is 35.0 Å². The number of rotatable bonds is 5. The molecule has 1 fully saturated rings. The Bertz CT molecular complexity index is 892. The minimum Gasteiger partial charge on any atom is -0.384 e. The van der Waals surface area contributed by atoms with Gasteiger partial charge in [-0.05, 0) is 71.1 Å². The van der Waals surface area contributed by atoms with Crippen LogP contribution in [0.1, 0.15) is 5.56 Å². The second-order valence-electron chi connectivity index (χ2n) is 6.18. The molecule has 0 unspecified atom stereocenters. The summed E-state index contributed by atoms with van der Waals surface area (Å²) in [6, 6.07) is 13.6. The van der Waals surface area contributed by atoms with Gasteiger partial charge in [0.1, 0.15) is 5.84 Å². The van der Waals surface area contributed by atoms with E-state index in [9.17, 15) is 14.7 Å². The summed E-state index contributed by atoms with van der Waals surface area (Å²) in [7, 11) is 0. The van der Waals surface area contributed by atoms with Crippen LogP contribution in [0.2, 0.25) is 0 Å². The van der Waals surface area contributed by atoms with Crippen molar-refractivity contribution in [3.8, 4) is 0 Å². The van der Waals surface area contributed by atoms with Crippen molar-refractivity contribution in [2.75, 3.05) is 23.4 Å². The molecule has 0 radical (unpaired) electrons. The zero-order valence-electron chi connectivity index (χ0n) is 15.2. The molecule has 0 saturated carbocycles. The van der Waals surface area contributed by atoms with Crippen LogP contribution in [0.15, 0.2) is 48.5 Å². The molecule has 0 bridgehead atoms. The van der Waals surface area contributed by atoms with Crippen LogP contribution in [0.3, 0.4) is 0 Å². The summed E-state index contributed by atoms with van der Waals surface area (Å²) in [6.07, 6.45) is -2.95. The first-order valence-corrected chi connectivity index (χ1v) is 9.56. The molecular weight excluding hydrogens is 511 g/mol. The van der Waals surface area contributed by atoms with E-state index < -0.39 is 24.0 Å². The van der Waals surface area contributed by atoms with Crippen molar-refractivity contribution >= 4 is 64.0 Å². The van der Waals surface area contributed by atoms with Crippen LogP contribution in [-0.4, -0.2) is 48.1 Å². The van der Waals surface area contributed by atoms with Crippen molar-refractivity contribution in [2.45, 2.75) is 12.2 Å². The normalized spacial score (nSPS) is 17.2. The van der Waals surface area contributed by atoms with Gasteiger partial charge in [-0.15, -0.1) is 12.4 Å². The third-order valence-electron chi connectivity index (χ3n) is 4.28. The van der Waals surface area contributed by atoms with Gasteiger partial charge in [-0.3, -0.25) is 15.0 Å². The lowest BCUT2D eigenvalue weighted by molar-refractivity contribution is -0.150. The van der Waals surface area contributed by atoms with Crippen LogP contribution in [0.5, 0.6) is 0 Å². The van der Waals surface area contributed by atoms with Gasteiger partial charge in [-0.2, -0.15) is 0 Å². The lowest BCUT2D eigenvalue weighted by Gasteiger charge is -2.34. The number of aliphatic hydroxyl groups excluding tert-OH is 1. The van der Waals surface area contributed by atoms with Gasteiger partial charge in [0.25, 0.3) is 11.8 Å². The van der Waals surface area contributed by atoms with Crippen LogP contribution < -0.4 is 16.0 Å². The number of amides is 2. The van der Waals surface area contributed by atoms with E-state index in [2.05, 4.69) is 27.9 Å². The number of aliphatic hydroxyl groups is 1. The minimum atomic E-state index is -1.66. The molecule has 1 saturated heterocycles. The van der Waals surface area contributed by atoms with E-state index >= 15 is 0 Å². The number of amidine groups is 1. The Morgan fingerprint density at radius 1 is 1.24 bits per heavy atom. The largest absolute Gasteiger partial charge is 0.384 e. The first-order chi connectivity index (χ1) is 13.4. The zero-order chi connectivity index (χ0) is 20.3. The monoisotopic (exact) mass is 530 g/mol. The molecule has 5 N–H and O–H groups in total. The smallest absolute Gasteiger partial charge is 0.259 e. The highest BCUT2D eigenvalue weighted by Gasteiger charge is 2.39. The number of morpholine rings is 1. The number of benzene rings is 2. The number of nitrogens with zero attached hydrogens (tertiary/aromatic N) is 1. The van der Waals surface area contributed by atoms with Crippen molar-refractivity contribution in [2.24, 2.45) is 5.73 Å². The summed E-state index contributed by atoms with van der Waals surface area (Å²) in [5, 5.41) is 20.3. The van der Waals surface area contributed by atoms with Gasteiger partial charge in [0, 0.05) is 27.1 Å². The van der Waals surface area contributed by atoms with Crippen molar-refractivity contribution in [3.63, 3.8) is 0 Å².